The summed E-state index contributed by atoms with van der Waals surface area (Å²) in [5, 5.41) is 12.8. The molecule has 2 fully saturated rings. The minimum atomic E-state index is 0.536. The van der Waals surface area contributed by atoms with Gasteiger partial charge in [0.25, 0.3) is 0 Å². The number of nitrogens with one attached hydrogen (secondary N) is 1. The van der Waals surface area contributed by atoms with Crippen molar-refractivity contribution in [2.45, 2.75) is 44.2 Å². The van der Waals surface area contributed by atoms with Crippen LogP contribution in [0.2, 0.25) is 0 Å². The van der Waals surface area contributed by atoms with Crippen molar-refractivity contribution in [1.29, 1.82) is 0 Å². The van der Waals surface area contributed by atoms with Crippen LogP contribution in [0.25, 0.3) is 10.7 Å². The van der Waals surface area contributed by atoms with E-state index in [0.717, 1.165) is 23.3 Å². The topological polar surface area (TPSA) is 59.9 Å². The standard InChI is InChI=1S/C15H18N4OS/c1-20-13-7-6-11(18-19-13)15-17-14(9-2-3-9)12(21-15)8-16-10-4-5-10/h6-7,9-10,16H,2-5,8H2,1H3. The molecule has 0 bridgehead atoms. The lowest BCUT2D eigenvalue weighted by atomic mass is 10.2. The van der Waals surface area contributed by atoms with Gasteiger partial charge in [-0.3, -0.25) is 0 Å². The summed E-state index contributed by atoms with van der Waals surface area (Å²) in [5.41, 5.74) is 2.11. The zero-order valence-corrected chi connectivity index (χ0v) is 12.8. The third-order valence-corrected chi connectivity index (χ3v) is 4.98. The van der Waals surface area contributed by atoms with Crippen LogP contribution in [0.4, 0.5) is 0 Å². The Morgan fingerprint density at radius 1 is 1.24 bits per heavy atom. The van der Waals surface area contributed by atoms with Crippen molar-refractivity contribution in [2.24, 2.45) is 0 Å². The normalized spacial score (nSPS) is 18.0. The van der Waals surface area contributed by atoms with E-state index in [9.17, 15) is 0 Å². The number of hydrogen-bond acceptors (Lipinski definition) is 6. The molecular formula is C15H18N4OS. The van der Waals surface area contributed by atoms with Gasteiger partial charge in [-0.25, -0.2) is 4.98 Å². The Morgan fingerprint density at radius 2 is 2.10 bits per heavy atom. The van der Waals surface area contributed by atoms with E-state index in [2.05, 4.69) is 15.5 Å². The fourth-order valence-corrected chi connectivity index (χ4v) is 3.41. The first-order valence-electron chi connectivity index (χ1n) is 7.44. The molecule has 2 saturated carbocycles. The molecule has 0 aliphatic heterocycles. The number of nitrogens with zero attached hydrogens (tertiary/aromatic N) is 3. The highest BCUT2D eigenvalue weighted by atomic mass is 32.1. The average molecular weight is 302 g/mol. The molecule has 0 amide bonds. The quantitative estimate of drug-likeness (QED) is 0.889. The highest BCUT2D eigenvalue weighted by Crippen LogP contribution is 2.44. The molecule has 2 aliphatic rings. The molecule has 2 aromatic heterocycles. The molecule has 21 heavy (non-hydrogen) atoms. The molecule has 2 heterocycles. The molecular weight excluding hydrogens is 284 g/mol. The summed E-state index contributed by atoms with van der Waals surface area (Å²) in [6.45, 7) is 0.942. The van der Waals surface area contributed by atoms with Gasteiger partial charge in [0.15, 0.2) is 0 Å². The summed E-state index contributed by atoms with van der Waals surface area (Å²) >= 11 is 1.75. The predicted molar refractivity (Wildman–Crippen MR) is 81.5 cm³/mol. The number of thiazole rings is 1. The van der Waals surface area contributed by atoms with E-state index >= 15 is 0 Å². The highest BCUT2D eigenvalue weighted by molar-refractivity contribution is 7.15. The summed E-state index contributed by atoms with van der Waals surface area (Å²) < 4.78 is 5.05. The van der Waals surface area contributed by atoms with Crippen molar-refractivity contribution in [3.8, 4) is 16.6 Å². The zero-order valence-electron chi connectivity index (χ0n) is 12.0. The first-order valence-corrected chi connectivity index (χ1v) is 8.26. The minimum absolute atomic E-state index is 0.536. The monoisotopic (exact) mass is 302 g/mol. The number of methoxy groups -OCH3 is 1. The van der Waals surface area contributed by atoms with Gasteiger partial charge >= 0.3 is 0 Å². The second kappa shape index (κ2) is 5.35. The van der Waals surface area contributed by atoms with E-state index in [-0.39, 0.29) is 0 Å². The minimum Gasteiger partial charge on any atom is -0.480 e. The van der Waals surface area contributed by atoms with Gasteiger partial charge in [-0.1, -0.05) is 0 Å². The van der Waals surface area contributed by atoms with Crippen LogP contribution in [0.3, 0.4) is 0 Å². The van der Waals surface area contributed by atoms with E-state index < -0.39 is 0 Å². The highest BCUT2D eigenvalue weighted by Gasteiger charge is 2.30. The fraction of sp³-hybridized carbons (Fsp3) is 0.533. The molecule has 0 atom stereocenters. The Labute approximate surface area is 127 Å². The van der Waals surface area contributed by atoms with Gasteiger partial charge in [0.1, 0.15) is 10.7 Å². The molecule has 0 spiro atoms. The molecule has 0 aromatic carbocycles. The van der Waals surface area contributed by atoms with Gasteiger partial charge in [-0.2, -0.15) is 0 Å². The summed E-state index contributed by atoms with van der Waals surface area (Å²) in [6, 6.07) is 4.49. The predicted octanol–water partition coefficient (Wildman–Crippen LogP) is 2.74. The molecule has 0 radical (unpaired) electrons. The SMILES string of the molecule is COc1ccc(-c2nc(C3CC3)c(CNC3CC3)s2)nn1. The fourth-order valence-electron chi connectivity index (χ4n) is 2.34. The molecule has 5 nitrogen and oxygen atoms in total. The lowest BCUT2D eigenvalue weighted by Gasteiger charge is -2.01. The molecule has 110 valence electrons. The van der Waals surface area contributed by atoms with Gasteiger partial charge in [0.05, 0.1) is 12.8 Å². The summed E-state index contributed by atoms with van der Waals surface area (Å²) in [7, 11) is 1.60. The molecule has 4 rings (SSSR count). The van der Waals surface area contributed by atoms with Crippen LogP contribution in [0, 0.1) is 0 Å². The van der Waals surface area contributed by atoms with Crippen LogP contribution in [0.5, 0.6) is 5.88 Å². The van der Waals surface area contributed by atoms with Gasteiger partial charge < -0.3 is 10.1 Å². The first-order chi connectivity index (χ1) is 10.3. The van der Waals surface area contributed by atoms with Crippen molar-refractivity contribution in [1.82, 2.24) is 20.5 Å². The molecule has 1 N–H and O–H groups in total. The van der Waals surface area contributed by atoms with Gasteiger partial charge in [-0.05, 0) is 31.7 Å². The molecule has 2 aromatic rings. The van der Waals surface area contributed by atoms with Gasteiger partial charge in [0.2, 0.25) is 5.88 Å². The Bertz CT molecular complexity index is 632. The van der Waals surface area contributed by atoms with Crippen LogP contribution < -0.4 is 10.1 Å². The van der Waals surface area contributed by atoms with Crippen molar-refractivity contribution >= 4 is 11.3 Å². The van der Waals surface area contributed by atoms with Gasteiger partial charge in [-0.15, -0.1) is 21.5 Å². The van der Waals surface area contributed by atoms with E-state index in [0.29, 0.717) is 11.8 Å². The first kappa shape index (κ1) is 13.2. The maximum Gasteiger partial charge on any atom is 0.233 e. The maximum atomic E-state index is 5.05. The third kappa shape index (κ3) is 2.91. The third-order valence-electron chi connectivity index (χ3n) is 3.89. The second-order valence-electron chi connectivity index (χ2n) is 5.72. The Morgan fingerprint density at radius 3 is 2.71 bits per heavy atom. The Hall–Kier alpha value is -1.53. The molecule has 6 heteroatoms. The van der Waals surface area contributed by atoms with Crippen LogP contribution in [-0.4, -0.2) is 28.3 Å². The molecule has 0 unspecified atom stereocenters. The number of hydrogen-bond donors (Lipinski definition) is 1. The van der Waals surface area contributed by atoms with Crippen LogP contribution in [0.1, 0.15) is 42.2 Å². The average Bonchev–Trinajstić information content (AvgIpc) is 3.44. The Balaban J connectivity index is 1.59. The van der Waals surface area contributed by atoms with Crippen molar-refractivity contribution in [2.75, 3.05) is 7.11 Å². The maximum absolute atomic E-state index is 5.05. The lowest BCUT2D eigenvalue weighted by Crippen LogP contribution is -2.15. The number of ether oxygens (including phenoxy) is 1. The van der Waals surface area contributed by atoms with E-state index in [4.69, 9.17) is 9.72 Å². The molecule has 2 aliphatic carbocycles. The van der Waals surface area contributed by atoms with Crippen molar-refractivity contribution in [3.05, 3.63) is 22.7 Å². The van der Waals surface area contributed by atoms with E-state index in [1.807, 2.05) is 12.1 Å². The van der Waals surface area contributed by atoms with E-state index in [1.54, 1.807) is 18.4 Å². The largest absolute Gasteiger partial charge is 0.480 e. The molecule has 0 saturated heterocycles. The smallest absolute Gasteiger partial charge is 0.233 e. The zero-order chi connectivity index (χ0) is 14.2. The lowest BCUT2D eigenvalue weighted by molar-refractivity contribution is 0.392. The van der Waals surface area contributed by atoms with Crippen LogP contribution in [0.15, 0.2) is 12.1 Å². The summed E-state index contributed by atoms with van der Waals surface area (Å²) in [4.78, 5) is 6.20. The second-order valence-corrected chi connectivity index (χ2v) is 6.80. The van der Waals surface area contributed by atoms with Crippen LogP contribution >= 0.6 is 11.3 Å². The van der Waals surface area contributed by atoms with Crippen molar-refractivity contribution < 1.29 is 4.74 Å². The summed E-state index contributed by atoms with van der Waals surface area (Å²) in [6.07, 6.45) is 5.17. The van der Waals surface area contributed by atoms with Gasteiger partial charge in [0, 0.05) is 29.4 Å². The van der Waals surface area contributed by atoms with E-state index in [1.165, 1.54) is 36.3 Å². The summed E-state index contributed by atoms with van der Waals surface area (Å²) in [5.74, 6) is 1.20. The number of aromatic nitrogens is 3. The number of rotatable bonds is 6. The van der Waals surface area contributed by atoms with Crippen LogP contribution in [-0.2, 0) is 6.54 Å². The Kier molecular flexibility index (Phi) is 3.35. The van der Waals surface area contributed by atoms with Crippen molar-refractivity contribution in [3.63, 3.8) is 0 Å².